The zero-order valence-corrected chi connectivity index (χ0v) is 20.8. The summed E-state index contributed by atoms with van der Waals surface area (Å²) in [5.41, 5.74) is 4.44. The van der Waals surface area contributed by atoms with Gasteiger partial charge in [0.1, 0.15) is 6.04 Å². The van der Waals surface area contributed by atoms with Crippen LogP contribution in [0, 0.1) is 26.7 Å². The number of pyridine rings is 1. The van der Waals surface area contributed by atoms with E-state index in [0.29, 0.717) is 17.8 Å². The van der Waals surface area contributed by atoms with E-state index in [1.165, 1.54) is 16.8 Å². The van der Waals surface area contributed by atoms with Gasteiger partial charge in [-0.2, -0.15) is 0 Å². The zero-order chi connectivity index (χ0) is 25.7. The molecular weight excluding hydrogens is 444 g/mol. The van der Waals surface area contributed by atoms with Gasteiger partial charge in [0.2, 0.25) is 5.91 Å². The van der Waals surface area contributed by atoms with Gasteiger partial charge < -0.3 is 15.0 Å². The Kier molecular flexibility index (Phi) is 8.17. The Morgan fingerprint density at radius 3 is 2.37 bits per heavy atom. The fraction of sp³-hybridized carbons (Fsp3) is 0.370. The summed E-state index contributed by atoms with van der Waals surface area (Å²) >= 11 is 0. The lowest BCUT2D eigenvalue weighted by Gasteiger charge is -2.24. The summed E-state index contributed by atoms with van der Waals surface area (Å²) in [5.74, 6) is -1.39. The Morgan fingerprint density at radius 1 is 1.09 bits per heavy atom. The van der Waals surface area contributed by atoms with E-state index in [1.807, 2.05) is 52.8 Å². The van der Waals surface area contributed by atoms with Crippen molar-refractivity contribution in [1.29, 1.82) is 0 Å². The van der Waals surface area contributed by atoms with E-state index in [9.17, 15) is 19.5 Å². The van der Waals surface area contributed by atoms with Crippen molar-refractivity contribution < 1.29 is 14.7 Å². The third-order valence-corrected chi connectivity index (χ3v) is 5.88. The molecule has 2 aromatic heterocycles. The fourth-order valence-electron chi connectivity index (χ4n) is 4.20. The molecule has 8 heteroatoms. The molecule has 0 fully saturated rings. The summed E-state index contributed by atoms with van der Waals surface area (Å²) in [4.78, 5) is 46.7. The van der Waals surface area contributed by atoms with Gasteiger partial charge in [0, 0.05) is 17.8 Å². The van der Waals surface area contributed by atoms with Crippen LogP contribution in [0.4, 0.5) is 0 Å². The predicted octanol–water partition coefficient (Wildman–Crippen LogP) is 4.15. The molecular formula is C27H32N4O4. The molecule has 2 atom stereocenters. The highest BCUT2D eigenvalue weighted by Gasteiger charge is 2.28. The molecule has 1 amide bonds. The molecule has 0 bridgehead atoms. The summed E-state index contributed by atoms with van der Waals surface area (Å²) in [6.07, 6.45) is 4.76. The molecule has 0 aliphatic heterocycles. The average molecular weight is 477 g/mol. The molecule has 0 aliphatic carbocycles. The van der Waals surface area contributed by atoms with Crippen molar-refractivity contribution in [2.45, 2.75) is 59.5 Å². The maximum atomic E-state index is 13.4. The van der Waals surface area contributed by atoms with Crippen molar-refractivity contribution in [3.8, 4) is 11.3 Å². The number of aliphatic carboxylic acids is 1. The van der Waals surface area contributed by atoms with E-state index in [2.05, 4.69) is 15.3 Å². The molecule has 0 saturated carbocycles. The monoisotopic (exact) mass is 476 g/mol. The number of hydrogen-bond donors (Lipinski definition) is 2. The van der Waals surface area contributed by atoms with E-state index >= 15 is 0 Å². The summed E-state index contributed by atoms with van der Waals surface area (Å²) < 4.78 is 1.40. The maximum absolute atomic E-state index is 13.4. The number of rotatable bonds is 9. The van der Waals surface area contributed by atoms with E-state index in [1.54, 1.807) is 18.5 Å². The average Bonchev–Trinajstić information content (AvgIpc) is 2.77. The van der Waals surface area contributed by atoms with Crippen LogP contribution in [0.3, 0.4) is 0 Å². The van der Waals surface area contributed by atoms with Gasteiger partial charge in [-0.05, 0) is 55.9 Å². The Hall–Kier alpha value is -3.81. The highest BCUT2D eigenvalue weighted by molar-refractivity contribution is 5.81. The van der Waals surface area contributed by atoms with Gasteiger partial charge in [0.05, 0.1) is 36.2 Å². The number of carbonyl (C=O) groups excluding carboxylic acids is 1. The van der Waals surface area contributed by atoms with Crippen LogP contribution in [0.15, 0.2) is 53.7 Å². The summed E-state index contributed by atoms with van der Waals surface area (Å²) in [5, 5.41) is 12.4. The summed E-state index contributed by atoms with van der Waals surface area (Å²) in [6.45, 7) is 9.70. The van der Waals surface area contributed by atoms with Gasteiger partial charge in [-0.25, -0.2) is 4.98 Å². The lowest BCUT2D eigenvalue weighted by Crippen LogP contribution is -2.40. The van der Waals surface area contributed by atoms with Crippen molar-refractivity contribution in [1.82, 2.24) is 19.9 Å². The third-order valence-electron chi connectivity index (χ3n) is 5.88. The lowest BCUT2D eigenvalue weighted by molar-refractivity contribution is -0.138. The molecule has 8 nitrogen and oxygen atoms in total. The largest absolute Gasteiger partial charge is 0.481 e. The Balaban J connectivity index is 1.98. The molecule has 3 rings (SSSR count). The first kappa shape index (κ1) is 25.8. The molecule has 184 valence electrons. The molecule has 0 radical (unpaired) electrons. The Bertz CT molecular complexity index is 1260. The second-order valence-corrected chi connectivity index (χ2v) is 9.35. The predicted molar refractivity (Wildman–Crippen MR) is 134 cm³/mol. The van der Waals surface area contributed by atoms with Gasteiger partial charge in [-0.15, -0.1) is 0 Å². The normalized spacial score (nSPS) is 12.9. The van der Waals surface area contributed by atoms with Crippen LogP contribution in [-0.2, 0) is 9.59 Å². The Morgan fingerprint density at radius 2 is 1.77 bits per heavy atom. The molecule has 2 heterocycles. The van der Waals surface area contributed by atoms with Gasteiger partial charge in [-0.3, -0.25) is 19.4 Å². The number of carboxylic acid groups (broad SMARTS) is 1. The van der Waals surface area contributed by atoms with Gasteiger partial charge in [0.25, 0.3) is 5.56 Å². The molecule has 0 unspecified atom stereocenters. The minimum Gasteiger partial charge on any atom is -0.481 e. The van der Waals surface area contributed by atoms with E-state index in [4.69, 9.17) is 0 Å². The molecule has 1 aromatic carbocycles. The molecule has 3 aromatic rings. The highest BCUT2D eigenvalue weighted by atomic mass is 16.4. The first-order chi connectivity index (χ1) is 16.6. The number of nitrogens with zero attached hydrogens (tertiary/aromatic N) is 3. The number of aryl methyl sites for hydroxylation is 3. The van der Waals surface area contributed by atoms with Crippen LogP contribution >= 0.6 is 0 Å². The maximum Gasteiger partial charge on any atom is 0.305 e. The van der Waals surface area contributed by atoms with Gasteiger partial charge in [-0.1, -0.05) is 32.0 Å². The Labute approximate surface area is 205 Å². The second-order valence-electron chi connectivity index (χ2n) is 9.35. The fourth-order valence-corrected chi connectivity index (χ4v) is 4.20. The second kappa shape index (κ2) is 11.1. The summed E-state index contributed by atoms with van der Waals surface area (Å²) in [7, 11) is 0. The number of carboxylic acids is 1. The SMILES string of the molecule is Cc1ccn([C@@H](CC(C)C)C(=O)N[C@H](CC(=O)O)c2cncc(-c3c(C)cccc3C)n2)c(=O)c1. The third kappa shape index (κ3) is 6.41. The van der Waals surface area contributed by atoms with Crippen LogP contribution in [0.5, 0.6) is 0 Å². The van der Waals surface area contributed by atoms with Crippen LogP contribution in [-0.4, -0.2) is 31.5 Å². The van der Waals surface area contributed by atoms with Crippen molar-refractivity contribution in [3.05, 3.63) is 81.7 Å². The minimum absolute atomic E-state index is 0.129. The van der Waals surface area contributed by atoms with Crippen molar-refractivity contribution in [2.24, 2.45) is 5.92 Å². The van der Waals surface area contributed by atoms with Crippen molar-refractivity contribution in [2.75, 3.05) is 0 Å². The lowest BCUT2D eigenvalue weighted by atomic mass is 9.99. The van der Waals surface area contributed by atoms with E-state index in [0.717, 1.165) is 22.3 Å². The van der Waals surface area contributed by atoms with Crippen LogP contribution in [0.25, 0.3) is 11.3 Å². The standard InChI is InChI=1S/C27H32N4O4/c1-16(2)11-23(31-10-9-17(3)12-24(31)32)27(35)30-20(13-25(33)34)21-14-28-15-22(29-21)26-18(4)7-6-8-19(26)5/h6-10,12,14-16,20,23H,11,13H2,1-5H3,(H,30,35)(H,33,34)/t20-,23+/m1/s1. The van der Waals surface area contributed by atoms with Crippen molar-refractivity contribution in [3.63, 3.8) is 0 Å². The van der Waals surface area contributed by atoms with Crippen LogP contribution in [0.2, 0.25) is 0 Å². The highest BCUT2D eigenvalue weighted by Crippen LogP contribution is 2.27. The van der Waals surface area contributed by atoms with Gasteiger partial charge >= 0.3 is 5.97 Å². The summed E-state index contributed by atoms with van der Waals surface area (Å²) in [6, 6.07) is 7.47. The number of nitrogens with one attached hydrogen (secondary N) is 1. The molecule has 35 heavy (non-hydrogen) atoms. The van der Waals surface area contributed by atoms with Crippen LogP contribution in [0.1, 0.15) is 61.2 Å². The molecule has 0 aliphatic rings. The van der Waals surface area contributed by atoms with E-state index in [-0.39, 0.29) is 17.9 Å². The quantitative estimate of drug-likeness (QED) is 0.480. The van der Waals surface area contributed by atoms with Crippen LogP contribution < -0.4 is 10.9 Å². The topological polar surface area (TPSA) is 114 Å². The zero-order valence-electron chi connectivity index (χ0n) is 20.8. The van der Waals surface area contributed by atoms with Crippen molar-refractivity contribution >= 4 is 11.9 Å². The first-order valence-corrected chi connectivity index (χ1v) is 11.7. The van der Waals surface area contributed by atoms with Gasteiger partial charge in [0.15, 0.2) is 0 Å². The number of hydrogen-bond acceptors (Lipinski definition) is 5. The molecule has 0 saturated heterocycles. The molecule has 2 N–H and O–H groups in total. The first-order valence-electron chi connectivity index (χ1n) is 11.7. The number of aromatic nitrogens is 3. The number of carbonyl (C=O) groups is 2. The number of benzene rings is 1. The van der Waals surface area contributed by atoms with E-state index < -0.39 is 24.0 Å². The number of amides is 1. The molecule has 0 spiro atoms. The minimum atomic E-state index is -1.08. The smallest absolute Gasteiger partial charge is 0.305 e.